The molecular formula is C18H17F3N6O2S. The van der Waals surface area contributed by atoms with Crippen LogP contribution >= 0.6 is 0 Å². The molecular weight excluding hydrogens is 421 g/mol. The lowest BCUT2D eigenvalue weighted by Gasteiger charge is -2.10. The van der Waals surface area contributed by atoms with Gasteiger partial charge >= 0.3 is 6.18 Å². The van der Waals surface area contributed by atoms with E-state index in [1.165, 1.54) is 6.33 Å². The van der Waals surface area contributed by atoms with E-state index in [9.17, 15) is 21.6 Å². The molecule has 158 valence electrons. The first-order valence-corrected chi connectivity index (χ1v) is 10.1. The third kappa shape index (κ3) is 5.87. The number of nitrogens with one attached hydrogen (secondary N) is 3. The van der Waals surface area contributed by atoms with E-state index in [0.717, 1.165) is 24.3 Å². The summed E-state index contributed by atoms with van der Waals surface area (Å²) >= 11 is 0. The summed E-state index contributed by atoms with van der Waals surface area (Å²) in [6.45, 7) is 0.191. The van der Waals surface area contributed by atoms with Crippen LogP contribution in [0.5, 0.6) is 0 Å². The van der Waals surface area contributed by atoms with Gasteiger partial charge in [0.05, 0.1) is 10.5 Å². The fourth-order valence-electron chi connectivity index (χ4n) is 2.37. The molecule has 0 saturated heterocycles. The van der Waals surface area contributed by atoms with Gasteiger partial charge in [0, 0.05) is 25.4 Å². The minimum absolute atomic E-state index is 0.00361. The molecule has 0 fully saturated rings. The molecule has 2 heterocycles. The van der Waals surface area contributed by atoms with Gasteiger partial charge in [-0.15, -0.1) is 0 Å². The Morgan fingerprint density at radius 1 is 0.867 bits per heavy atom. The third-order valence-corrected chi connectivity index (χ3v) is 5.28. The lowest BCUT2D eigenvalue weighted by molar-refractivity contribution is -0.137. The predicted octanol–water partition coefficient (Wildman–Crippen LogP) is 3.02. The molecule has 2 aromatic heterocycles. The maximum Gasteiger partial charge on any atom is 0.416 e. The summed E-state index contributed by atoms with van der Waals surface area (Å²) in [6, 6.07) is 10.3. The summed E-state index contributed by atoms with van der Waals surface area (Å²) in [5.41, 5.74) is -0.915. The number of sulfonamides is 1. The zero-order valence-corrected chi connectivity index (χ0v) is 16.2. The van der Waals surface area contributed by atoms with Crippen molar-refractivity contribution < 1.29 is 21.6 Å². The Morgan fingerprint density at radius 2 is 1.60 bits per heavy atom. The second-order valence-corrected chi connectivity index (χ2v) is 7.74. The Kier molecular flexibility index (Phi) is 6.47. The molecule has 8 nitrogen and oxygen atoms in total. The molecule has 0 saturated carbocycles. The molecule has 0 aliphatic heterocycles. The third-order valence-electron chi connectivity index (χ3n) is 3.80. The first-order valence-electron chi connectivity index (χ1n) is 8.65. The number of rotatable bonds is 8. The highest BCUT2D eigenvalue weighted by molar-refractivity contribution is 7.89. The van der Waals surface area contributed by atoms with Crippen molar-refractivity contribution >= 4 is 27.5 Å². The molecule has 0 bridgehead atoms. The smallest absolute Gasteiger partial charge is 0.369 e. The van der Waals surface area contributed by atoms with E-state index < -0.39 is 21.8 Å². The molecule has 1 aromatic carbocycles. The highest BCUT2D eigenvalue weighted by Gasteiger charge is 2.30. The van der Waals surface area contributed by atoms with Crippen LogP contribution in [-0.4, -0.2) is 36.5 Å². The topological polar surface area (TPSA) is 109 Å². The molecule has 3 N–H and O–H groups in total. The molecule has 0 aliphatic rings. The average Bonchev–Trinajstić information content (AvgIpc) is 2.72. The lowest BCUT2D eigenvalue weighted by Crippen LogP contribution is -2.29. The van der Waals surface area contributed by atoms with E-state index in [0.29, 0.717) is 17.5 Å². The Bertz CT molecular complexity index is 1080. The molecule has 12 heteroatoms. The molecule has 3 aromatic rings. The van der Waals surface area contributed by atoms with Gasteiger partial charge in [0.1, 0.15) is 23.8 Å². The number of benzene rings is 1. The molecule has 3 rings (SSSR count). The lowest BCUT2D eigenvalue weighted by atomic mass is 10.2. The summed E-state index contributed by atoms with van der Waals surface area (Å²) < 4.78 is 64.5. The van der Waals surface area contributed by atoms with Crippen LogP contribution in [0.4, 0.5) is 30.6 Å². The van der Waals surface area contributed by atoms with E-state index in [1.807, 2.05) is 6.07 Å². The van der Waals surface area contributed by atoms with Gasteiger partial charge in [-0.25, -0.2) is 28.1 Å². The molecule has 0 aliphatic carbocycles. The number of nitrogens with zero attached hydrogens (tertiary/aromatic N) is 3. The van der Waals surface area contributed by atoms with Crippen LogP contribution in [0, 0.1) is 0 Å². The van der Waals surface area contributed by atoms with Gasteiger partial charge in [-0.05, 0) is 36.4 Å². The van der Waals surface area contributed by atoms with E-state index in [1.54, 1.807) is 24.4 Å². The zero-order chi connectivity index (χ0) is 21.6. The Morgan fingerprint density at radius 3 is 2.27 bits per heavy atom. The monoisotopic (exact) mass is 438 g/mol. The van der Waals surface area contributed by atoms with Crippen LogP contribution in [0.3, 0.4) is 0 Å². The molecule has 0 atom stereocenters. The molecule has 30 heavy (non-hydrogen) atoms. The molecule has 0 spiro atoms. The van der Waals surface area contributed by atoms with E-state index in [-0.39, 0.29) is 18.0 Å². The minimum Gasteiger partial charge on any atom is -0.369 e. The summed E-state index contributed by atoms with van der Waals surface area (Å²) in [7, 11) is -3.94. The highest BCUT2D eigenvalue weighted by atomic mass is 32.2. The van der Waals surface area contributed by atoms with Gasteiger partial charge in [-0.3, -0.25) is 0 Å². The second kappa shape index (κ2) is 9.05. The standard InChI is InChI=1S/C18H17F3N6O2S/c19-18(20,21)13-4-6-14(7-5-13)30(28,29)26-10-9-23-16-11-17(25-12-24-16)27-15-3-1-2-8-22-15/h1-8,11-12,26H,9-10H2,(H2,22,23,24,25,27). The van der Waals surface area contributed by atoms with E-state index >= 15 is 0 Å². The largest absolute Gasteiger partial charge is 0.416 e. The van der Waals surface area contributed by atoms with Crippen molar-refractivity contribution in [1.29, 1.82) is 0 Å². The van der Waals surface area contributed by atoms with Crippen molar-refractivity contribution in [2.24, 2.45) is 0 Å². The number of halogens is 3. The average molecular weight is 438 g/mol. The van der Waals surface area contributed by atoms with Crippen molar-refractivity contribution in [3.8, 4) is 0 Å². The van der Waals surface area contributed by atoms with Crippen LogP contribution in [0.2, 0.25) is 0 Å². The first-order chi connectivity index (χ1) is 14.2. The number of alkyl halides is 3. The van der Waals surface area contributed by atoms with Crippen LogP contribution in [0.15, 0.2) is 66.0 Å². The van der Waals surface area contributed by atoms with Crippen LogP contribution < -0.4 is 15.4 Å². The molecule has 0 unspecified atom stereocenters. The minimum atomic E-state index is -4.53. The van der Waals surface area contributed by atoms with Crippen molar-refractivity contribution in [2.75, 3.05) is 23.7 Å². The van der Waals surface area contributed by atoms with Crippen LogP contribution in [0.1, 0.15) is 5.56 Å². The van der Waals surface area contributed by atoms with Gasteiger partial charge < -0.3 is 10.6 Å². The number of anilines is 3. The number of aromatic nitrogens is 3. The normalized spacial score (nSPS) is 11.8. The Labute approximate surface area is 170 Å². The summed E-state index contributed by atoms with van der Waals surface area (Å²) in [5.74, 6) is 1.56. The van der Waals surface area contributed by atoms with Crippen LogP contribution in [-0.2, 0) is 16.2 Å². The fraction of sp³-hybridized carbons (Fsp3) is 0.167. The van der Waals surface area contributed by atoms with Crippen molar-refractivity contribution in [3.63, 3.8) is 0 Å². The Balaban J connectivity index is 1.52. The number of hydrogen-bond acceptors (Lipinski definition) is 7. The fourth-order valence-corrected chi connectivity index (χ4v) is 3.40. The van der Waals surface area contributed by atoms with E-state index in [2.05, 4.69) is 30.3 Å². The Hall–Kier alpha value is -3.25. The van der Waals surface area contributed by atoms with Gasteiger partial charge in [0.2, 0.25) is 10.0 Å². The van der Waals surface area contributed by atoms with Crippen molar-refractivity contribution in [2.45, 2.75) is 11.1 Å². The van der Waals surface area contributed by atoms with Crippen molar-refractivity contribution in [3.05, 3.63) is 66.6 Å². The number of pyridine rings is 1. The maximum absolute atomic E-state index is 12.6. The summed E-state index contributed by atoms with van der Waals surface area (Å²) in [4.78, 5) is 12.0. The van der Waals surface area contributed by atoms with Gasteiger partial charge in [0.15, 0.2) is 0 Å². The molecule has 0 amide bonds. The quantitative estimate of drug-likeness (QED) is 0.464. The van der Waals surface area contributed by atoms with Crippen molar-refractivity contribution in [1.82, 2.24) is 19.7 Å². The van der Waals surface area contributed by atoms with Gasteiger partial charge in [-0.2, -0.15) is 13.2 Å². The SMILES string of the molecule is O=S(=O)(NCCNc1cc(Nc2ccccn2)ncn1)c1ccc(C(F)(F)F)cc1. The maximum atomic E-state index is 12.6. The first kappa shape index (κ1) is 21.5. The predicted molar refractivity (Wildman–Crippen MR) is 105 cm³/mol. The van der Waals surface area contributed by atoms with Gasteiger partial charge in [0.25, 0.3) is 0 Å². The molecule has 0 radical (unpaired) electrons. The number of hydrogen-bond donors (Lipinski definition) is 3. The van der Waals surface area contributed by atoms with E-state index in [4.69, 9.17) is 0 Å². The zero-order valence-electron chi connectivity index (χ0n) is 15.4. The van der Waals surface area contributed by atoms with Crippen LogP contribution in [0.25, 0.3) is 0 Å². The summed E-state index contributed by atoms with van der Waals surface area (Å²) in [6.07, 6.45) is -1.56. The second-order valence-electron chi connectivity index (χ2n) is 5.98. The highest BCUT2D eigenvalue weighted by Crippen LogP contribution is 2.29. The summed E-state index contributed by atoms with van der Waals surface area (Å²) in [5, 5.41) is 5.94. The van der Waals surface area contributed by atoms with Gasteiger partial charge in [-0.1, -0.05) is 6.07 Å².